The van der Waals surface area contributed by atoms with Crippen molar-refractivity contribution in [2.24, 2.45) is 0 Å². The molecule has 41 heavy (non-hydrogen) atoms. The summed E-state index contributed by atoms with van der Waals surface area (Å²) in [6.45, 7) is 6.57. The molecule has 0 fully saturated rings. The molecule has 0 amide bonds. The van der Waals surface area contributed by atoms with Crippen LogP contribution in [0, 0.1) is 0 Å². The molecule has 1 N–H and O–H groups in total. The van der Waals surface area contributed by atoms with Crippen molar-refractivity contribution in [3.63, 3.8) is 0 Å². The lowest BCUT2D eigenvalue weighted by Gasteiger charge is -2.27. The first kappa shape index (κ1) is 28.6. The van der Waals surface area contributed by atoms with Gasteiger partial charge in [-0.3, -0.25) is 0 Å². The Kier molecular flexibility index (Phi) is 8.60. The van der Waals surface area contributed by atoms with Gasteiger partial charge in [0, 0.05) is 12.4 Å². The van der Waals surface area contributed by atoms with E-state index in [1.54, 1.807) is 6.08 Å². The van der Waals surface area contributed by atoms with E-state index in [-0.39, 0.29) is 11.2 Å². The molecule has 3 aromatic carbocycles. The summed E-state index contributed by atoms with van der Waals surface area (Å²) >= 11 is 0. The molecule has 0 unspecified atom stereocenters. The van der Waals surface area contributed by atoms with Crippen LogP contribution in [0.25, 0.3) is 22.1 Å². The summed E-state index contributed by atoms with van der Waals surface area (Å²) in [6, 6.07) is 21.1. The molecule has 3 aliphatic rings. The first-order valence-corrected chi connectivity index (χ1v) is 16.1. The van der Waals surface area contributed by atoms with Gasteiger partial charge in [-0.15, -0.1) is 0 Å². The Labute approximate surface area is 245 Å². The number of aryl methyl sites for hydroxylation is 1. The van der Waals surface area contributed by atoms with Crippen LogP contribution in [0.3, 0.4) is 0 Å². The van der Waals surface area contributed by atoms with Crippen LogP contribution < -0.4 is 5.32 Å². The Hall–Kier alpha value is -3.89. The molecule has 210 valence electrons. The van der Waals surface area contributed by atoms with Crippen LogP contribution in [0.5, 0.6) is 0 Å². The van der Waals surface area contributed by atoms with E-state index < -0.39 is 9.84 Å². The minimum absolute atomic E-state index is 0.0131. The Morgan fingerprint density at radius 1 is 0.756 bits per heavy atom. The molecular weight excluding hydrogens is 522 g/mol. The van der Waals surface area contributed by atoms with Gasteiger partial charge in [-0.2, -0.15) is 0 Å². The van der Waals surface area contributed by atoms with Gasteiger partial charge in [-0.25, -0.2) is 8.42 Å². The maximum absolute atomic E-state index is 13.4. The highest BCUT2D eigenvalue weighted by Gasteiger charge is 2.28. The first-order chi connectivity index (χ1) is 19.7. The van der Waals surface area contributed by atoms with Crippen molar-refractivity contribution in [3.8, 4) is 11.1 Å². The number of rotatable bonds is 4. The third kappa shape index (κ3) is 6.71. The molecule has 0 spiro atoms. The van der Waals surface area contributed by atoms with E-state index >= 15 is 0 Å². The van der Waals surface area contributed by atoms with Gasteiger partial charge in [0.2, 0.25) is 0 Å². The van der Waals surface area contributed by atoms with E-state index in [4.69, 9.17) is 0 Å². The van der Waals surface area contributed by atoms with Crippen LogP contribution in [0.1, 0.15) is 60.6 Å². The number of hydrogen-bond donors (Lipinski definition) is 1. The van der Waals surface area contributed by atoms with Crippen molar-refractivity contribution in [2.75, 3.05) is 5.75 Å². The summed E-state index contributed by atoms with van der Waals surface area (Å²) in [6.07, 6.45) is 20.9. The fourth-order valence-corrected chi connectivity index (χ4v) is 7.09. The van der Waals surface area contributed by atoms with Gasteiger partial charge < -0.3 is 5.32 Å². The van der Waals surface area contributed by atoms with Gasteiger partial charge in [-0.05, 0) is 87.8 Å². The van der Waals surface area contributed by atoms with E-state index in [9.17, 15) is 8.42 Å². The first-order valence-electron chi connectivity index (χ1n) is 14.4. The van der Waals surface area contributed by atoms with E-state index in [0.29, 0.717) is 4.91 Å². The molecule has 1 heterocycles. The van der Waals surface area contributed by atoms with Crippen molar-refractivity contribution in [1.29, 1.82) is 0 Å². The fourth-order valence-electron chi connectivity index (χ4n) is 5.66. The topological polar surface area (TPSA) is 46.2 Å². The average molecular weight is 562 g/mol. The largest absolute Gasteiger partial charge is 0.368 e. The van der Waals surface area contributed by atoms with Crippen LogP contribution in [0.2, 0.25) is 0 Å². The standard InChI is InChI=1S/C31H32O2S.C6H7N/c1-31(2,3)24-16-13-22(14-17-24)8-7-21-34(32,33)30-12-6-11-26-28-18-15-23-9-4-5-10-25(23)27(28)19-20-29(26)30;1-2-4-6-7-5-3-1/h4-5,7-10,12-14,16-17,19-20H,6,11,15,18,21H2,1-3H3;1-7H. The summed E-state index contributed by atoms with van der Waals surface area (Å²) in [5.74, 6) is 0.0131. The molecule has 6 rings (SSSR count). The van der Waals surface area contributed by atoms with Crippen molar-refractivity contribution < 1.29 is 8.42 Å². The highest BCUT2D eigenvalue weighted by Crippen LogP contribution is 2.41. The Bertz CT molecular complexity index is 1650. The Balaban J connectivity index is 0.000000423. The normalized spacial score (nSPS) is 15.5. The molecule has 0 aromatic heterocycles. The molecular formula is C37H39NO2S. The smallest absolute Gasteiger partial charge is 0.182 e. The number of fused-ring (bicyclic) bond motifs is 5. The van der Waals surface area contributed by atoms with Gasteiger partial charge in [0.15, 0.2) is 9.84 Å². The molecule has 0 radical (unpaired) electrons. The van der Waals surface area contributed by atoms with Crippen molar-refractivity contribution in [3.05, 3.63) is 143 Å². The fraction of sp³-hybridized carbons (Fsp3) is 0.243. The monoisotopic (exact) mass is 561 g/mol. The quantitative estimate of drug-likeness (QED) is 0.348. The van der Waals surface area contributed by atoms with Crippen LogP contribution in [-0.4, -0.2) is 14.2 Å². The molecule has 4 heteroatoms. The molecule has 0 atom stereocenters. The summed E-state index contributed by atoms with van der Waals surface area (Å²) in [7, 11) is -3.41. The molecule has 0 saturated heterocycles. The Morgan fingerprint density at radius 3 is 2.17 bits per heavy atom. The zero-order valence-corrected chi connectivity index (χ0v) is 25.0. The summed E-state index contributed by atoms with van der Waals surface area (Å²) in [5.41, 5.74) is 9.83. The van der Waals surface area contributed by atoms with Crippen LogP contribution in [0.15, 0.2) is 110 Å². The van der Waals surface area contributed by atoms with E-state index in [0.717, 1.165) is 36.8 Å². The highest BCUT2D eigenvalue weighted by atomic mass is 32.2. The number of benzene rings is 3. The van der Waals surface area contributed by atoms with Crippen LogP contribution in [0.4, 0.5) is 0 Å². The summed E-state index contributed by atoms with van der Waals surface area (Å²) in [4.78, 5) is 0.503. The van der Waals surface area contributed by atoms with Crippen LogP contribution >= 0.6 is 0 Å². The SMILES string of the molecule is C1=CC=CNC=C1.CC(C)(C)c1ccc(C=CCS(=O)(=O)C2=CCCc3c2ccc2c3CCc3ccccc3-2)cc1. The minimum Gasteiger partial charge on any atom is -0.368 e. The average Bonchev–Trinajstić information content (AvgIpc) is 3.30. The predicted molar refractivity (Wildman–Crippen MR) is 174 cm³/mol. The van der Waals surface area contributed by atoms with Crippen LogP contribution in [-0.2, 0) is 34.5 Å². The third-order valence-electron chi connectivity index (χ3n) is 7.83. The van der Waals surface area contributed by atoms with E-state index in [1.807, 2.05) is 54.9 Å². The van der Waals surface area contributed by atoms with Gasteiger partial charge >= 0.3 is 0 Å². The lowest BCUT2D eigenvalue weighted by molar-refractivity contribution is 0.590. The van der Waals surface area contributed by atoms with E-state index in [2.05, 4.69) is 80.7 Å². The molecule has 2 aliphatic carbocycles. The zero-order valence-electron chi connectivity index (χ0n) is 24.2. The third-order valence-corrected chi connectivity index (χ3v) is 9.52. The molecule has 3 aromatic rings. The second-order valence-corrected chi connectivity index (χ2v) is 13.7. The summed E-state index contributed by atoms with van der Waals surface area (Å²) < 4.78 is 26.7. The number of allylic oxidation sites excluding steroid dienone is 5. The Morgan fingerprint density at radius 2 is 1.44 bits per heavy atom. The van der Waals surface area contributed by atoms with Gasteiger partial charge in [-0.1, -0.05) is 112 Å². The zero-order chi connectivity index (χ0) is 28.9. The minimum atomic E-state index is -3.41. The predicted octanol–water partition coefficient (Wildman–Crippen LogP) is 8.34. The highest BCUT2D eigenvalue weighted by molar-refractivity contribution is 8.00. The molecule has 0 saturated carbocycles. The molecule has 1 aliphatic heterocycles. The van der Waals surface area contributed by atoms with Gasteiger partial charge in [0.1, 0.15) is 0 Å². The van der Waals surface area contributed by atoms with Crippen molar-refractivity contribution in [2.45, 2.75) is 51.9 Å². The van der Waals surface area contributed by atoms with Crippen molar-refractivity contribution in [1.82, 2.24) is 5.32 Å². The van der Waals surface area contributed by atoms with E-state index in [1.165, 1.54) is 33.4 Å². The van der Waals surface area contributed by atoms with Gasteiger partial charge in [0.05, 0.1) is 10.7 Å². The molecule has 0 bridgehead atoms. The second kappa shape index (κ2) is 12.3. The maximum Gasteiger partial charge on any atom is 0.182 e. The lowest BCUT2D eigenvalue weighted by Crippen LogP contribution is -2.15. The number of hydrogen-bond acceptors (Lipinski definition) is 3. The number of sulfone groups is 1. The van der Waals surface area contributed by atoms with Gasteiger partial charge in [0.25, 0.3) is 0 Å². The number of nitrogens with one attached hydrogen (secondary N) is 1. The second-order valence-electron chi connectivity index (χ2n) is 11.7. The van der Waals surface area contributed by atoms with Crippen molar-refractivity contribution >= 4 is 20.8 Å². The lowest BCUT2D eigenvalue weighted by atomic mass is 9.79. The summed E-state index contributed by atoms with van der Waals surface area (Å²) in [5, 5.41) is 2.92. The maximum atomic E-state index is 13.4. The molecule has 3 nitrogen and oxygen atoms in total.